The van der Waals surface area contributed by atoms with E-state index < -0.39 is 0 Å². The zero-order chi connectivity index (χ0) is 24.5. The topological polar surface area (TPSA) is 96.5 Å². The molecule has 0 saturated carbocycles. The van der Waals surface area contributed by atoms with Crippen molar-refractivity contribution in [3.8, 4) is 17.1 Å². The summed E-state index contributed by atoms with van der Waals surface area (Å²) in [5.41, 5.74) is 3.47. The number of nitrogens with zero attached hydrogens (tertiary/aromatic N) is 2. The number of morpholine rings is 1. The Bertz CT molecular complexity index is 1030. The minimum absolute atomic E-state index is 0.128. The summed E-state index contributed by atoms with van der Waals surface area (Å²) in [4.78, 5) is 36.1. The maximum atomic E-state index is 13.2. The van der Waals surface area contributed by atoms with Gasteiger partial charge in [0.15, 0.2) is 0 Å². The second-order valence-corrected chi connectivity index (χ2v) is 8.42. The first kappa shape index (κ1) is 25.9. The maximum absolute atomic E-state index is 13.2. The van der Waals surface area contributed by atoms with Gasteiger partial charge in [0.2, 0.25) is 0 Å². The molecule has 1 fully saturated rings. The SMILES string of the molecule is CCCOc1ccc(C(=O)NCCN2CCOCC2)c(CC)c1-c1nc(CC)c(CC)c(=O)[nH]1. The average molecular weight is 471 g/mol. The average Bonchev–Trinajstić information content (AvgIpc) is 2.86. The molecular weight excluding hydrogens is 432 g/mol. The van der Waals surface area contributed by atoms with Crippen molar-refractivity contribution in [2.75, 3.05) is 46.0 Å². The molecule has 3 rings (SSSR count). The maximum Gasteiger partial charge on any atom is 0.254 e. The fourth-order valence-electron chi connectivity index (χ4n) is 4.37. The van der Waals surface area contributed by atoms with E-state index in [9.17, 15) is 9.59 Å². The predicted octanol–water partition coefficient (Wildman–Crippen LogP) is 2.97. The second-order valence-electron chi connectivity index (χ2n) is 8.42. The van der Waals surface area contributed by atoms with Gasteiger partial charge in [-0.1, -0.05) is 27.7 Å². The first-order valence-corrected chi connectivity index (χ1v) is 12.5. The van der Waals surface area contributed by atoms with Gasteiger partial charge in [0.1, 0.15) is 11.6 Å². The van der Waals surface area contributed by atoms with Crippen molar-refractivity contribution in [3.05, 3.63) is 44.9 Å². The van der Waals surface area contributed by atoms with Crippen molar-refractivity contribution in [1.29, 1.82) is 0 Å². The van der Waals surface area contributed by atoms with E-state index in [4.69, 9.17) is 14.5 Å². The Kier molecular flexibility index (Phi) is 9.65. The van der Waals surface area contributed by atoms with Crippen LogP contribution in [0.5, 0.6) is 5.75 Å². The van der Waals surface area contributed by atoms with Crippen LogP contribution in [0.15, 0.2) is 16.9 Å². The molecule has 0 spiro atoms. The molecule has 2 aromatic rings. The van der Waals surface area contributed by atoms with E-state index in [0.717, 1.165) is 50.5 Å². The molecule has 8 heteroatoms. The van der Waals surface area contributed by atoms with E-state index in [-0.39, 0.29) is 11.5 Å². The number of hydrogen-bond donors (Lipinski definition) is 2. The number of aromatic nitrogens is 2. The Morgan fingerprint density at radius 3 is 2.50 bits per heavy atom. The van der Waals surface area contributed by atoms with Crippen LogP contribution in [0.3, 0.4) is 0 Å². The lowest BCUT2D eigenvalue weighted by molar-refractivity contribution is 0.0383. The lowest BCUT2D eigenvalue weighted by Crippen LogP contribution is -2.41. The predicted molar refractivity (Wildman–Crippen MR) is 134 cm³/mol. The summed E-state index contributed by atoms with van der Waals surface area (Å²) in [6.45, 7) is 13.1. The number of amides is 1. The number of benzene rings is 1. The van der Waals surface area contributed by atoms with Gasteiger partial charge in [-0.25, -0.2) is 4.98 Å². The van der Waals surface area contributed by atoms with Crippen LogP contribution in [-0.2, 0) is 24.0 Å². The monoisotopic (exact) mass is 470 g/mol. The summed E-state index contributed by atoms with van der Waals surface area (Å²) >= 11 is 0. The van der Waals surface area contributed by atoms with Gasteiger partial charge in [-0.05, 0) is 43.4 Å². The molecule has 0 radical (unpaired) electrons. The Morgan fingerprint density at radius 1 is 1.12 bits per heavy atom. The number of carbonyl (C=O) groups is 1. The fourth-order valence-corrected chi connectivity index (χ4v) is 4.37. The van der Waals surface area contributed by atoms with Gasteiger partial charge in [-0.3, -0.25) is 14.5 Å². The van der Waals surface area contributed by atoms with Crippen molar-refractivity contribution in [2.24, 2.45) is 0 Å². The van der Waals surface area contributed by atoms with Crippen LogP contribution in [0.25, 0.3) is 11.4 Å². The molecule has 0 atom stereocenters. The first-order valence-electron chi connectivity index (χ1n) is 12.5. The Balaban J connectivity index is 1.97. The lowest BCUT2D eigenvalue weighted by atomic mass is 9.96. The highest BCUT2D eigenvalue weighted by atomic mass is 16.5. The summed E-state index contributed by atoms with van der Waals surface area (Å²) in [6, 6.07) is 3.64. The fraction of sp³-hybridized carbons (Fsp3) is 0.577. The van der Waals surface area contributed by atoms with Crippen molar-refractivity contribution < 1.29 is 14.3 Å². The van der Waals surface area contributed by atoms with Gasteiger partial charge in [0, 0.05) is 37.3 Å². The van der Waals surface area contributed by atoms with Crippen molar-refractivity contribution in [2.45, 2.75) is 53.4 Å². The van der Waals surface area contributed by atoms with Crippen molar-refractivity contribution in [1.82, 2.24) is 20.2 Å². The number of ether oxygens (including phenoxy) is 2. The normalized spacial score (nSPS) is 14.2. The van der Waals surface area contributed by atoms with Gasteiger partial charge in [0.25, 0.3) is 11.5 Å². The van der Waals surface area contributed by atoms with Crippen molar-refractivity contribution in [3.63, 3.8) is 0 Å². The lowest BCUT2D eigenvalue weighted by Gasteiger charge is -2.26. The molecular formula is C26H38N4O4. The second kappa shape index (κ2) is 12.7. The third-order valence-corrected chi connectivity index (χ3v) is 6.18. The highest BCUT2D eigenvalue weighted by molar-refractivity contribution is 5.98. The molecule has 8 nitrogen and oxygen atoms in total. The summed E-state index contributed by atoms with van der Waals surface area (Å²) in [7, 11) is 0. The molecule has 2 heterocycles. The highest BCUT2D eigenvalue weighted by Crippen LogP contribution is 2.34. The number of hydrogen-bond acceptors (Lipinski definition) is 6. The number of aryl methyl sites for hydroxylation is 1. The third kappa shape index (κ3) is 6.04. The molecule has 186 valence electrons. The van der Waals surface area contributed by atoms with E-state index in [0.29, 0.717) is 60.7 Å². The summed E-state index contributed by atoms with van der Waals surface area (Å²) < 4.78 is 11.4. The molecule has 1 aliphatic heterocycles. The summed E-state index contributed by atoms with van der Waals surface area (Å²) in [5, 5.41) is 3.06. The number of aromatic amines is 1. The van der Waals surface area contributed by atoms with Crippen LogP contribution in [0, 0.1) is 0 Å². The van der Waals surface area contributed by atoms with E-state index in [1.54, 1.807) is 0 Å². The van der Waals surface area contributed by atoms with Crippen LogP contribution in [0.2, 0.25) is 0 Å². The highest BCUT2D eigenvalue weighted by Gasteiger charge is 2.22. The molecule has 1 saturated heterocycles. The summed E-state index contributed by atoms with van der Waals surface area (Å²) in [5.74, 6) is 0.972. The molecule has 2 N–H and O–H groups in total. The largest absolute Gasteiger partial charge is 0.493 e. The van der Waals surface area contributed by atoms with Crippen LogP contribution in [0.4, 0.5) is 0 Å². The molecule has 34 heavy (non-hydrogen) atoms. The van der Waals surface area contributed by atoms with Crippen LogP contribution in [0.1, 0.15) is 61.3 Å². The Morgan fingerprint density at radius 2 is 1.85 bits per heavy atom. The molecule has 1 aromatic heterocycles. The van der Waals surface area contributed by atoms with Crippen LogP contribution >= 0.6 is 0 Å². The van der Waals surface area contributed by atoms with E-state index in [2.05, 4.69) is 15.2 Å². The molecule has 0 bridgehead atoms. The molecule has 1 amide bonds. The zero-order valence-corrected chi connectivity index (χ0v) is 21.0. The Labute approximate surface area is 202 Å². The van der Waals surface area contributed by atoms with Crippen molar-refractivity contribution >= 4 is 5.91 Å². The van der Waals surface area contributed by atoms with E-state index in [1.165, 1.54) is 0 Å². The van der Waals surface area contributed by atoms with Crippen LogP contribution in [-0.4, -0.2) is 66.8 Å². The number of rotatable bonds is 11. The third-order valence-electron chi connectivity index (χ3n) is 6.18. The van der Waals surface area contributed by atoms with Gasteiger partial charge >= 0.3 is 0 Å². The van der Waals surface area contributed by atoms with E-state index in [1.807, 2.05) is 39.8 Å². The minimum atomic E-state index is -0.131. The molecule has 0 unspecified atom stereocenters. The number of carbonyl (C=O) groups excluding carboxylic acids is 1. The van der Waals surface area contributed by atoms with Gasteiger partial charge < -0.3 is 19.8 Å². The van der Waals surface area contributed by atoms with Crippen LogP contribution < -0.4 is 15.6 Å². The molecule has 1 aromatic carbocycles. The van der Waals surface area contributed by atoms with Gasteiger partial charge in [0.05, 0.1) is 31.1 Å². The minimum Gasteiger partial charge on any atom is -0.493 e. The quantitative estimate of drug-likeness (QED) is 0.524. The number of nitrogens with one attached hydrogen (secondary N) is 2. The summed E-state index contributed by atoms with van der Waals surface area (Å²) in [6.07, 6.45) is 2.74. The molecule has 0 aliphatic carbocycles. The Hall–Kier alpha value is -2.71. The first-order chi connectivity index (χ1) is 16.5. The van der Waals surface area contributed by atoms with Gasteiger partial charge in [-0.2, -0.15) is 0 Å². The smallest absolute Gasteiger partial charge is 0.254 e. The standard InChI is InChI=1S/C26H38N4O4/c1-5-15-34-22-10-9-20(25(31)27-11-12-30-13-16-33-17-14-30)18(6-2)23(22)24-28-21(8-4)19(7-3)26(32)29-24/h9-10H,5-8,11-17H2,1-4H3,(H,27,31)(H,28,29,32). The van der Waals surface area contributed by atoms with Gasteiger partial charge in [-0.15, -0.1) is 0 Å². The molecule has 1 aliphatic rings. The zero-order valence-electron chi connectivity index (χ0n) is 21.0. The number of H-pyrrole nitrogens is 1. The van der Waals surface area contributed by atoms with E-state index >= 15 is 0 Å².